The molecular weight excluding hydrogens is 934 g/mol. The standard InChI is InChI=1S/C72H64BN3O/c1-70(2,3)50-30-36-54(37-31-50)74(53-21-14-11-15-22-53)57-40-41-61-64(46-57)76(56-38-32-51(33-39-56)71(4,5)6)66-45-52(72(7,8)9)44-65-68(66)73(61)62-43-49(47-19-12-10-13-20-47)29-42-63(62)75(65)55-34-27-48(28-35-55)58-24-18-25-60-59-23-16-17-26-67(59)77-69(58)60/h10-46H,1-9H3/i11D,14D,15D,21D,22D. The number of anilines is 9. The van der Waals surface area contributed by atoms with Crippen LogP contribution in [0.2, 0.25) is 0 Å². The van der Waals surface area contributed by atoms with E-state index in [2.05, 4.69) is 242 Å². The van der Waals surface area contributed by atoms with Gasteiger partial charge in [-0.2, -0.15) is 0 Å². The number of hydrogen-bond acceptors (Lipinski definition) is 4. The Morgan fingerprint density at radius 2 is 0.987 bits per heavy atom. The van der Waals surface area contributed by atoms with Gasteiger partial charge in [0.2, 0.25) is 0 Å². The molecule has 1 aromatic heterocycles. The molecule has 0 saturated carbocycles. The van der Waals surface area contributed by atoms with Crippen molar-refractivity contribution in [3.05, 3.63) is 241 Å². The molecule has 13 rings (SSSR count). The van der Waals surface area contributed by atoms with Gasteiger partial charge in [-0.15, -0.1) is 0 Å². The molecule has 0 amide bonds. The zero-order chi connectivity index (χ0) is 57.3. The molecule has 0 spiro atoms. The Morgan fingerprint density at radius 1 is 0.416 bits per heavy atom. The van der Waals surface area contributed by atoms with Crippen LogP contribution in [0.3, 0.4) is 0 Å². The van der Waals surface area contributed by atoms with E-state index in [1.54, 1.807) is 0 Å². The van der Waals surface area contributed by atoms with Crippen LogP contribution >= 0.6 is 0 Å². The van der Waals surface area contributed by atoms with Gasteiger partial charge >= 0.3 is 0 Å². The molecule has 4 nitrogen and oxygen atoms in total. The summed E-state index contributed by atoms with van der Waals surface area (Å²) in [6.45, 7) is 19.8. The average molecular weight is 1000 g/mol. The molecule has 5 heteroatoms. The van der Waals surface area contributed by atoms with E-state index in [0.29, 0.717) is 11.4 Å². The third kappa shape index (κ3) is 8.32. The van der Waals surface area contributed by atoms with Gasteiger partial charge in [0.25, 0.3) is 6.71 Å². The molecule has 3 heterocycles. The lowest BCUT2D eigenvalue weighted by molar-refractivity contribution is 0.590. The number of hydrogen-bond donors (Lipinski definition) is 0. The monoisotopic (exact) mass is 1000 g/mol. The van der Waals surface area contributed by atoms with Gasteiger partial charge < -0.3 is 19.1 Å². The summed E-state index contributed by atoms with van der Waals surface area (Å²) in [5.41, 5.74) is 20.0. The number of benzene rings is 10. The minimum absolute atomic E-state index is 0.0792. The van der Waals surface area contributed by atoms with Crippen LogP contribution in [0.1, 0.15) is 85.9 Å². The molecule has 2 aliphatic rings. The van der Waals surface area contributed by atoms with Gasteiger partial charge in [0, 0.05) is 67.5 Å². The van der Waals surface area contributed by atoms with E-state index in [0.717, 1.165) is 100 Å². The van der Waals surface area contributed by atoms with Crippen molar-refractivity contribution in [2.75, 3.05) is 14.7 Å². The Hall–Kier alpha value is -8.54. The summed E-state index contributed by atoms with van der Waals surface area (Å²) < 4.78 is 52.0. The van der Waals surface area contributed by atoms with Gasteiger partial charge in [-0.3, -0.25) is 0 Å². The van der Waals surface area contributed by atoms with Crippen molar-refractivity contribution in [3.63, 3.8) is 0 Å². The molecular formula is C72H64BN3O. The van der Waals surface area contributed by atoms with Crippen LogP contribution in [0.4, 0.5) is 51.2 Å². The van der Waals surface area contributed by atoms with E-state index in [9.17, 15) is 2.74 Å². The van der Waals surface area contributed by atoms with E-state index >= 15 is 0 Å². The Labute approximate surface area is 462 Å². The molecule has 0 fully saturated rings. The molecule has 376 valence electrons. The largest absolute Gasteiger partial charge is 0.455 e. The average Bonchev–Trinajstić information content (AvgIpc) is 2.06. The zero-order valence-electron chi connectivity index (χ0n) is 50.3. The third-order valence-corrected chi connectivity index (χ3v) is 15.8. The van der Waals surface area contributed by atoms with Crippen molar-refractivity contribution < 1.29 is 11.3 Å². The maximum Gasteiger partial charge on any atom is 0.252 e. The van der Waals surface area contributed by atoms with Crippen LogP contribution in [-0.2, 0) is 16.2 Å². The summed E-state index contributed by atoms with van der Waals surface area (Å²) in [6.07, 6.45) is 0. The summed E-state index contributed by atoms with van der Waals surface area (Å²) in [5.74, 6) is 0. The quantitative estimate of drug-likeness (QED) is 0.148. The molecule has 11 aromatic rings. The normalized spacial score (nSPS) is 14.1. The number of furan rings is 1. The predicted molar refractivity (Wildman–Crippen MR) is 329 cm³/mol. The Balaban J connectivity index is 1.08. The Kier molecular flexibility index (Phi) is 10.0. The Bertz CT molecular complexity index is 4320. The second kappa shape index (κ2) is 18.1. The molecule has 0 aliphatic carbocycles. The lowest BCUT2D eigenvalue weighted by Crippen LogP contribution is -2.61. The van der Waals surface area contributed by atoms with Crippen LogP contribution in [0.15, 0.2) is 229 Å². The van der Waals surface area contributed by atoms with E-state index in [1.807, 2.05) is 29.2 Å². The number of para-hydroxylation sites is 3. The van der Waals surface area contributed by atoms with Gasteiger partial charge in [0.15, 0.2) is 0 Å². The van der Waals surface area contributed by atoms with Crippen molar-refractivity contribution in [1.82, 2.24) is 0 Å². The zero-order valence-corrected chi connectivity index (χ0v) is 45.3. The molecule has 0 bridgehead atoms. The second-order valence-corrected chi connectivity index (χ2v) is 23.9. The summed E-state index contributed by atoms with van der Waals surface area (Å²) in [7, 11) is 0. The van der Waals surface area contributed by atoms with Gasteiger partial charge in [0.1, 0.15) is 11.2 Å². The Morgan fingerprint density at radius 3 is 1.65 bits per heavy atom. The number of nitrogens with zero attached hydrogens (tertiary/aromatic N) is 3. The highest BCUT2D eigenvalue weighted by Gasteiger charge is 2.45. The van der Waals surface area contributed by atoms with Crippen LogP contribution in [0.25, 0.3) is 44.2 Å². The molecule has 0 saturated heterocycles. The molecule has 0 unspecified atom stereocenters. The lowest BCUT2D eigenvalue weighted by atomic mass is 9.33. The van der Waals surface area contributed by atoms with Crippen molar-refractivity contribution >= 4 is 96.2 Å². The molecule has 0 radical (unpaired) electrons. The predicted octanol–water partition coefficient (Wildman–Crippen LogP) is 18.4. The first-order chi connectivity index (χ1) is 39.2. The van der Waals surface area contributed by atoms with Crippen LogP contribution in [-0.4, -0.2) is 6.71 Å². The fourth-order valence-electron chi connectivity index (χ4n) is 11.7. The molecule has 2 aliphatic heterocycles. The first-order valence-corrected chi connectivity index (χ1v) is 26.9. The molecule has 0 N–H and O–H groups in total. The van der Waals surface area contributed by atoms with Crippen molar-refractivity contribution in [2.24, 2.45) is 0 Å². The van der Waals surface area contributed by atoms with Crippen molar-refractivity contribution in [3.8, 4) is 22.3 Å². The van der Waals surface area contributed by atoms with Gasteiger partial charge in [0.05, 0.1) is 6.85 Å². The van der Waals surface area contributed by atoms with Gasteiger partial charge in [-0.1, -0.05) is 202 Å². The second-order valence-electron chi connectivity index (χ2n) is 23.9. The van der Waals surface area contributed by atoms with Crippen LogP contribution in [0, 0.1) is 0 Å². The highest BCUT2D eigenvalue weighted by molar-refractivity contribution is 7.00. The third-order valence-electron chi connectivity index (χ3n) is 15.8. The van der Waals surface area contributed by atoms with E-state index in [4.69, 9.17) is 8.53 Å². The van der Waals surface area contributed by atoms with Gasteiger partial charge in [-0.05, 0) is 151 Å². The van der Waals surface area contributed by atoms with Gasteiger partial charge in [-0.25, -0.2) is 0 Å². The molecule has 77 heavy (non-hydrogen) atoms. The minimum atomic E-state index is -0.435. The number of fused-ring (bicyclic) bond motifs is 7. The van der Waals surface area contributed by atoms with Crippen molar-refractivity contribution in [1.29, 1.82) is 0 Å². The van der Waals surface area contributed by atoms with Crippen LogP contribution < -0.4 is 31.1 Å². The summed E-state index contributed by atoms with van der Waals surface area (Å²) in [4.78, 5) is 6.71. The van der Waals surface area contributed by atoms with Crippen LogP contribution in [0.5, 0.6) is 0 Å². The minimum Gasteiger partial charge on any atom is -0.455 e. The van der Waals surface area contributed by atoms with E-state index in [1.165, 1.54) is 11.0 Å². The van der Waals surface area contributed by atoms with E-state index < -0.39 is 18.1 Å². The molecule has 10 aromatic carbocycles. The maximum atomic E-state index is 9.45. The summed E-state index contributed by atoms with van der Waals surface area (Å²) in [6, 6.07) is 67.6. The van der Waals surface area contributed by atoms with Crippen molar-refractivity contribution in [2.45, 2.75) is 78.6 Å². The molecule has 0 atom stereocenters. The van der Waals surface area contributed by atoms with E-state index in [-0.39, 0.29) is 40.7 Å². The first-order valence-electron chi connectivity index (χ1n) is 29.4. The maximum absolute atomic E-state index is 9.45. The fourth-order valence-corrected chi connectivity index (χ4v) is 11.7. The number of rotatable bonds is 7. The highest BCUT2D eigenvalue weighted by Crippen LogP contribution is 2.49. The fraction of sp³-hybridized carbons (Fsp3) is 0.167. The summed E-state index contributed by atoms with van der Waals surface area (Å²) in [5, 5.41) is 2.19. The highest BCUT2D eigenvalue weighted by atomic mass is 16.3. The smallest absolute Gasteiger partial charge is 0.252 e. The first kappa shape index (κ1) is 42.7. The lowest BCUT2D eigenvalue weighted by Gasteiger charge is -2.45. The summed E-state index contributed by atoms with van der Waals surface area (Å²) >= 11 is 0. The SMILES string of the molecule is [2H]c1c([2H])c([2H])c(N(c2ccc(C(C)(C)C)cc2)c2ccc3c(c2)N(c2ccc(C(C)(C)C)cc2)c2cc(C(C)(C)C)cc4c2B3c2cc(-c3ccccc3)ccc2N4c2ccc(-c3cccc4c3oc3ccccc34)cc2)c([2H])c1[2H]. The topological polar surface area (TPSA) is 22.9 Å².